The van der Waals surface area contributed by atoms with Crippen LogP contribution in [-0.2, 0) is 4.79 Å². The van der Waals surface area contributed by atoms with Gasteiger partial charge in [-0.2, -0.15) is 11.8 Å². The molecule has 0 aromatic carbocycles. The predicted molar refractivity (Wildman–Crippen MR) is 51.0 cm³/mol. The van der Waals surface area contributed by atoms with Crippen molar-refractivity contribution >= 4 is 17.7 Å². The smallest absolute Gasteiger partial charge is 0.300 e. The van der Waals surface area contributed by atoms with Crippen LogP contribution < -0.4 is 0 Å². The van der Waals surface area contributed by atoms with Gasteiger partial charge in [0.25, 0.3) is 5.97 Å². The van der Waals surface area contributed by atoms with Crippen molar-refractivity contribution in [3.8, 4) is 0 Å². The normalized spacial score (nSPS) is 7.36. The Morgan fingerprint density at radius 1 is 1.45 bits per heavy atom. The molecule has 64 valence electrons. The van der Waals surface area contributed by atoms with Crippen LogP contribution in [0.3, 0.4) is 0 Å². The number of hydrogen-bond donors (Lipinski definition) is 1. The maximum atomic E-state index is 9.00. The van der Waals surface area contributed by atoms with E-state index < -0.39 is 5.97 Å². The van der Waals surface area contributed by atoms with Gasteiger partial charge in [-0.25, -0.2) is 0 Å². The Balaban J connectivity index is 0. The summed E-state index contributed by atoms with van der Waals surface area (Å²) >= 11 is 1.82. The lowest BCUT2D eigenvalue weighted by molar-refractivity contribution is -0.134. The fraction of sp³-hybridized carbons (Fsp3) is 0.375. The first kappa shape index (κ1) is 12.9. The fourth-order valence-electron chi connectivity index (χ4n) is 0.235. The second-order valence-corrected chi connectivity index (χ2v) is 2.71. The van der Waals surface area contributed by atoms with E-state index in [1.165, 1.54) is 0 Å². The van der Waals surface area contributed by atoms with Crippen LogP contribution in [0.1, 0.15) is 6.92 Å². The van der Waals surface area contributed by atoms with E-state index in [2.05, 4.69) is 13.2 Å². The highest BCUT2D eigenvalue weighted by atomic mass is 32.2. The van der Waals surface area contributed by atoms with Gasteiger partial charge in [-0.3, -0.25) is 4.79 Å². The Kier molecular flexibility index (Phi) is 14.1. The molecule has 0 heterocycles. The first-order valence-electron chi connectivity index (χ1n) is 3.14. The third-order valence-electron chi connectivity index (χ3n) is 0.471. The molecule has 2 nitrogen and oxygen atoms in total. The van der Waals surface area contributed by atoms with E-state index in [4.69, 9.17) is 9.90 Å². The average molecular weight is 174 g/mol. The first-order chi connectivity index (χ1) is 5.15. The number of carboxylic acids is 1. The molecule has 11 heavy (non-hydrogen) atoms. The maximum absolute atomic E-state index is 9.00. The summed E-state index contributed by atoms with van der Waals surface area (Å²) in [5.74, 6) is 1.23. The lowest BCUT2D eigenvalue weighted by Gasteiger charge is -1.85. The standard InChI is InChI=1S/C6H10S.C2H4O2/c1-3-5-7-6-4-2;1-2(3)4/h3-4H,1-2,5-6H2;1H3,(H,3,4). The quantitative estimate of drug-likeness (QED) is 0.524. The fourth-order valence-corrected chi connectivity index (χ4v) is 0.704. The topological polar surface area (TPSA) is 37.3 Å². The van der Waals surface area contributed by atoms with Gasteiger partial charge in [0.15, 0.2) is 0 Å². The zero-order valence-electron chi connectivity index (χ0n) is 6.75. The summed E-state index contributed by atoms with van der Waals surface area (Å²) in [6.45, 7) is 8.24. The summed E-state index contributed by atoms with van der Waals surface area (Å²) in [7, 11) is 0. The molecule has 0 aliphatic rings. The van der Waals surface area contributed by atoms with Crippen LogP contribution >= 0.6 is 11.8 Å². The van der Waals surface area contributed by atoms with Gasteiger partial charge in [0.1, 0.15) is 0 Å². The summed E-state index contributed by atoms with van der Waals surface area (Å²) in [6.07, 6.45) is 3.79. The Bertz CT molecular complexity index is 109. The van der Waals surface area contributed by atoms with Crippen LogP contribution in [0.15, 0.2) is 25.3 Å². The summed E-state index contributed by atoms with van der Waals surface area (Å²) in [4.78, 5) is 9.00. The average Bonchev–Trinajstić information content (AvgIpc) is 1.88. The molecule has 0 aromatic rings. The molecule has 0 amide bonds. The van der Waals surface area contributed by atoms with Crippen LogP contribution in [-0.4, -0.2) is 22.6 Å². The van der Waals surface area contributed by atoms with Crippen molar-refractivity contribution in [1.82, 2.24) is 0 Å². The highest BCUT2D eigenvalue weighted by Crippen LogP contribution is 1.97. The van der Waals surface area contributed by atoms with Gasteiger partial charge in [-0.15, -0.1) is 13.2 Å². The van der Waals surface area contributed by atoms with Crippen molar-refractivity contribution in [3.05, 3.63) is 25.3 Å². The third-order valence-corrected chi connectivity index (χ3v) is 1.41. The minimum Gasteiger partial charge on any atom is -0.481 e. The second-order valence-electron chi connectivity index (χ2n) is 1.63. The maximum Gasteiger partial charge on any atom is 0.300 e. The number of rotatable bonds is 4. The predicted octanol–water partition coefficient (Wildman–Crippen LogP) is 2.18. The molecule has 0 spiro atoms. The summed E-state index contributed by atoms with van der Waals surface area (Å²) in [5, 5.41) is 7.42. The van der Waals surface area contributed by atoms with Gasteiger partial charge < -0.3 is 5.11 Å². The number of carbonyl (C=O) groups is 1. The van der Waals surface area contributed by atoms with Crippen LogP contribution in [0.4, 0.5) is 0 Å². The zero-order valence-corrected chi connectivity index (χ0v) is 7.56. The lowest BCUT2D eigenvalue weighted by atomic mass is 10.8. The SMILES string of the molecule is C=CCSCC=C.CC(=O)O. The third kappa shape index (κ3) is 45.5. The molecule has 0 saturated heterocycles. The summed E-state index contributed by atoms with van der Waals surface area (Å²) < 4.78 is 0. The molecule has 0 radical (unpaired) electrons. The molecule has 3 heteroatoms. The van der Waals surface area contributed by atoms with E-state index in [-0.39, 0.29) is 0 Å². The monoisotopic (exact) mass is 174 g/mol. The van der Waals surface area contributed by atoms with Crippen LogP contribution in [0.5, 0.6) is 0 Å². The Morgan fingerprint density at radius 2 is 1.73 bits per heavy atom. The Morgan fingerprint density at radius 3 is 1.91 bits per heavy atom. The molecular weight excluding hydrogens is 160 g/mol. The minimum atomic E-state index is -0.833. The highest BCUT2D eigenvalue weighted by molar-refractivity contribution is 7.99. The van der Waals surface area contributed by atoms with Crippen LogP contribution in [0.2, 0.25) is 0 Å². The molecule has 0 aromatic heterocycles. The molecule has 0 unspecified atom stereocenters. The molecule has 0 aliphatic heterocycles. The van der Waals surface area contributed by atoms with E-state index in [0.717, 1.165) is 18.4 Å². The van der Waals surface area contributed by atoms with Crippen LogP contribution in [0.25, 0.3) is 0 Å². The molecular formula is C8H14O2S. The van der Waals surface area contributed by atoms with Gasteiger partial charge in [0.05, 0.1) is 0 Å². The lowest BCUT2D eigenvalue weighted by Crippen LogP contribution is -1.78. The summed E-state index contributed by atoms with van der Waals surface area (Å²) in [6, 6.07) is 0. The highest BCUT2D eigenvalue weighted by Gasteiger charge is 1.73. The molecule has 0 bridgehead atoms. The number of hydrogen-bond acceptors (Lipinski definition) is 2. The molecule has 0 aliphatic carbocycles. The van der Waals surface area contributed by atoms with E-state index in [9.17, 15) is 0 Å². The van der Waals surface area contributed by atoms with Gasteiger partial charge in [-0.1, -0.05) is 12.2 Å². The van der Waals surface area contributed by atoms with Gasteiger partial charge >= 0.3 is 0 Å². The first-order valence-corrected chi connectivity index (χ1v) is 4.29. The number of carboxylic acid groups (broad SMARTS) is 1. The minimum absolute atomic E-state index is 0.833. The zero-order chi connectivity index (χ0) is 9.11. The van der Waals surface area contributed by atoms with Crippen molar-refractivity contribution in [2.24, 2.45) is 0 Å². The van der Waals surface area contributed by atoms with Crippen molar-refractivity contribution in [3.63, 3.8) is 0 Å². The van der Waals surface area contributed by atoms with Crippen molar-refractivity contribution in [2.45, 2.75) is 6.92 Å². The van der Waals surface area contributed by atoms with Gasteiger partial charge in [0, 0.05) is 18.4 Å². The largest absolute Gasteiger partial charge is 0.481 e. The molecule has 0 fully saturated rings. The summed E-state index contributed by atoms with van der Waals surface area (Å²) in [5.41, 5.74) is 0. The van der Waals surface area contributed by atoms with E-state index in [0.29, 0.717) is 0 Å². The van der Waals surface area contributed by atoms with Crippen molar-refractivity contribution < 1.29 is 9.90 Å². The van der Waals surface area contributed by atoms with Gasteiger partial charge in [0.2, 0.25) is 0 Å². The van der Waals surface area contributed by atoms with Crippen LogP contribution in [0, 0.1) is 0 Å². The van der Waals surface area contributed by atoms with E-state index in [1.807, 2.05) is 23.9 Å². The Labute approximate surface area is 72.0 Å². The Hall–Kier alpha value is -0.700. The number of thioether (sulfide) groups is 1. The van der Waals surface area contributed by atoms with E-state index >= 15 is 0 Å². The molecule has 0 saturated carbocycles. The second kappa shape index (κ2) is 12.0. The molecule has 0 rings (SSSR count). The number of aliphatic carboxylic acids is 1. The van der Waals surface area contributed by atoms with Crippen molar-refractivity contribution in [2.75, 3.05) is 11.5 Å². The molecule has 1 N–H and O–H groups in total. The van der Waals surface area contributed by atoms with Crippen molar-refractivity contribution in [1.29, 1.82) is 0 Å². The molecule has 0 atom stereocenters. The van der Waals surface area contributed by atoms with E-state index in [1.54, 1.807) is 0 Å². The van der Waals surface area contributed by atoms with Gasteiger partial charge in [-0.05, 0) is 0 Å².